The van der Waals surface area contributed by atoms with E-state index in [9.17, 15) is 19.7 Å². The third kappa shape index (κ3) is 5.48. The lowest BCUT2D eigenvalue weighted by atomic mass is 10.0. The molecule has 1 aliphatic rings. The molecule has 1 N–H and O–H groups in total. The lowest BCUT2D eigenvalue weighted by molar-refractivity contribution is -0.384. The molecule has 180 valence electrons. The Labute approximate surface area is 204 Å². The summed E-state index contributed by atoms with van der Waals surface area (Å²) in [4.78, 5) is 39.4. The lowest BCUT2D eigenvalue weighted by Crippen LogP contribution is -2.48. The van der Waals surface area contributed by atoms with Gasteiger partial charge in [0.15, 0.2) is 0 Å². The molecule has 35 heavy (non-hydrogen) atoms. The molecular formula is C27H28N4O4. The largest absolute Gasteiger partial charge is 0.362 e. The molecule has 0 radical (unpaired) electrons. The molecule has 0 bridgehead atoms. The van der Waals surface area contributed by atoms with E-state index in [0.717, 1.165) is 16.7 Å². The van der Waals surface area contributed by atoms with Gasteiger partial charge in [-0.3, -0.25) is 19.7 Å². The molecule has 1 saturated heterocycles. The first-order valence-electron chi connectivity index (χ1n) is 11.6. The van der Waals surface area contributed by atoms with Gasteiger partial charge in [0.05, 0.1) is 11.0 Å². The number of piperazine rings is 1. The van der Waals surface area contributed by atoms with Crippen LogP contribution in [0.3, 0.4) is 0 Å². The number of amides is 2. The normalized spacial score (nSPS) is 14.3. The Morgan fingerprint density at radius 2 is 1.54 bits per heavy atom. The van der Waals surface area contributed by atoms with Crippen LogP contribution in [0.4, 0.5) is 11.4 Å². The van der Waals surface area contributed by atoms with Gasteiger partial charge in [0, 0.05) is 44.7 Å². The first kappa shape index (κ1) is 23.9. The summed E-state index contributed by atoms with van der Waals surface area (Å²) in [6.45, 7) is 5.42. The zero-order chi connectivity index (χ0) is 24.9. The molecule has 2 amide bonds. The van der Waals surface area contributed by atoms with Crippen molar-refractivity contribution in [2.45, 2.75) is 19.9 Å². The van der Waals surface area contributed by atoms with Gasteiger partial charge < -0.3 is 15.1 Å². The van der Waals surface area contributed by atoms with Gasteiger partial charge in [0.2, 0.25) is 5.91 Å². The van der Waals surface area contributed by atoms with Gasteiger partial charge >= 0.3 is 0 Å². The number of nitro groups is 1. The molecule has 8 nitrogen and oxygen atoms in total. The van der Waals surface area contributed by atoms with Crippen molar-refractivity contribution in [3.05, 3.63) is 94.0 Å². The number of carbonyl (C=O) groups excluding carboxylic acids is 2. The Bertz CT molecular complexity index is 1220. The van der Waals surface area contributed by atoms with E-state index in [4.69, 9.17) is 0 Å². The zero-order valence-electron chi connectivity index (χ0n) is 19.8. The van der Waals surface area contributed by atoms with E-state index in [0.29, 0.717) is 31.9 Å². The van der Waals surface area contributed by atoms with Gasteiger partial charge in [-0.15, -0.1) is 0 Å². The van der Waals surface area contributed by atoms with Crippen LogP contribution in [0.2, 0.25) is 0 Å². The van der Waals surface area contributed by atoms with Crippen molar-refractivity contribution < 1.29 is 14.5 Å². The molecule has 1 fully saturated rings. The quantitative estimate of drug-likeness (QED) is 0.423. The van der Waals surface area contributed by atoms with Gasteiger partial charge in [-0.1, -0.05) is 54.6 Å². The Balaban J connectivity index is 1.46. The number of nitro benzene ring substituents is 1. The predicted molar refractivity (Wildman–Crippen MR) is 135 cm³/mol. The summed E-state index contributed by atoms with van der Waals surface area (Å²) < 4.78 is 0. The molecule has 0 saturated carbocycles. The van der Waals surface area contributed by atoms with Crippen LogP contribution in [0.15, 0.2) is 72.8 Å². The average Bonchev–Trinajstić information content (AvgIpc) is 2.89. The van der Waals surface area contributed by atoms with E-state index in [1.807, 2.05) is 66.4 Å². The predicted octanol–water partition coefficient (Wildman–Crippen LogP) is 4.42. The molecule has 8 heteroatoms. The number of nitrogens with zero attached hydrogens (tertiary/aromatic N) is 3. The van der Waals surface area contributed by atoms with Crippen molar-refractivity contribution in [2.75, 3.05) is 31.1 Å². The molecule has 3 aromatic rings. The van der Waals surface area contributed by atoms with Gasteiger partial charge in [-0.2, -0.15) is 0 Å². The van der Waals surface area contributed by atoms with Crippen LogP contribution in [0.1, 0.15) is 35.8 Å². The van der Waals surface area contributed by atoms with Gasteiger partial charge in [0.25, 0.3) is 11.6 Å². The maximum absolute atomic E-state index is 12.9. The molecule has 0 spiro atoms. The molecule has 3 aromatic carbocycles. The van der Waals surface area contributed by atoms with Crippen LogP contribution in [-0.2, 0) is 4.79 Å². The molecule has 0 aromatic heterocycles. The summed E-state index contributed by atoms with van der Waals surface area (Å²) in [5, 5.41) is 14.7. The number of anilines is 1. The summed E-state index contributed by atoms with van der Waals surface area (Å²) in [6, 6.07) is 22.3. The maximum Gasteiger partial charge on any atom is 0.293 e. The first-order chi connectivity index (χ1) is 16.8. The Kier molecular flexibility index (Phi) is 7.10. The monoisotopic (exact) mass is 472 g/mol. The highest BCUT2D eigenvalue weighted by molar-refractivity contribution is 5.96. The van der Waals surface area contributed by atoms with Gasteiger partial charge in [-0.25, -0.2) is 0 Å². The number of hydrogen-bond acceptors (Lipinski definition) is 5. The molecule has 0 aliphatic carbocycles. The molecule has 1 atom stereocenters. The topological polar surface area (TPSA) is 95.8 Å². The summed E-state index contributed by atoms with van der Waals surface area (Å²) in [7, 11) is 0. The van der Waals surface area contributed by atoms with E-state index in [-0.39, 0.29) is 29.1 Å². The smallest absolute Gasteiger partial charge is 0.293 e. The first-order valence-corrected chi connectivity index (χ1v) is 11.6. The molecule has 4 rings (SSSR count). The van der Waals surface area contributed by atoms with E-state index in [1.54, 1.807) is 17.0 Å². The molecule has 1 unspecified atom stereocenters. The number of carbonyl (C=O) groups is 2. The number of rotatable bonds is 6. The van der Waals surface area contributed by atoms with E-state index >= 15 is 0 Å². The Morgan fingerprint density at radius 1 is 0.914 bits per heavy atom. The maximum atomic E-state index is 12.9. The van der Waals surface area contributed by atoms with Crippen molar-refractivity contribution in [2.24, 2.45) is 0 Å². The van der Waals surface area contributed by atoms with Crippen LogP contribution in [0.5, 0.6) is 0 Å². The van der Waals surface area contributed by atoms with Gasteiger partial charge in [0.1, 0.15) is 5.69 Å². The van der Waals surface area contributed by atoms with Crippen molar-refractivity contribution in [1.29, 1.82) is 0 Å². The minimum absolute atomic E-state index is 0.00464. The van der Waals surface area contributed by atoms with E-state index in [1.165, 1.54) is 13.0 Å². The summed E-state index contributed by atoms with van der Waals surface area (Å²) >= 11 is 0. The highest BCUT2D eigenvalue weighted by atomic mass is 16.6. The SMILES string of the molecule is CC(=O)N1CCN(c2ccc(C(=O)NC(C)c3ccc(-c4ccccc4)cc3)cc2[N+](=O)[O-])CC1. The Morgan fingerprint density at radius 3 is 2.14 bits per heavy atom. The number of nitrogens with one attached hydrogen (secondary N) is 1. The van der Waals surface area contributed by atoms with E-state index < -0.39 is 4.92 Å². The second-order valence-electron chi connectivity index (χ2n) is 8.64. The van der Waals surface area contributed by atoms with Crippen molar-refractivity contribution in [3.8, 4) is 11.1 Å². The Hall–Kier alpha value is -4.20. The molecule has 1 heterocycles. The van der Waals surface area contributed by atoms with Crippen LogP contribution in [0.25, 0.3) is 11.1 Å². The number of hydrogen-bond donors (Lipinski definition) is 1. The van der Waals surface area contributed by atoms with Crippen molar-refractivity contribution >= 4 is 23.2 Å². The van der Waals surface area contributed by atoms with Crippen LogP contribution < -0.4 is 10.2 Å². The summed E-state index contributed by atoms with van der Waals surface area (Å²) in [5.74, 6) is -0.379. The van der Waals surface area contributed by atoms with Crippen LogP contribution in [0, 0.1) is 10.1 Å². The summed E-state index contributed by atoms with van der Waals surface area (Å²) in [5.41, 5.74) is 3.71. The standard InChI is InChI=1S/C27H28N4O4/c1-19(21-8-10-23(11-9-21)22-6-4-3-5-7-22)28-27(33)24-12-13-25(26(18-24)31(34)35)30-16-14-29(15-17-30)20(2)32/h3-13,18-19H,14-17H2,1-2H3,(H,28,33). The van der Waals surface area contributed by atoms with Crippen molar-refractivity contribution in [3.63, 3.8) is 0 Å². The molecule has 1 aliphatic heterocycles. The fourth-order valence-corrected chi connectivity index (χ4v) is 4.30. The lowest BCUT2D eigenvalue weighted by Gasteiger charge is -2.35. The van der Waals surface area contributed by atoms with Crippen molar-refractivity contribution in [1.82, 2.24) is 10.2 Å². The van der Waals surface area contributed by atoms with Crippen LogP contribution >= 0.6 is 0 Å². The van der Waals surface area contributed by atoms with E-state index in [2.05, 4.69) is 5.32 Å². The minimum Gasteiger partial charge on any atom is -0.362 e. The fourth-order valence-electron chi connectivity index (χ4n) is 4.30. The average molecular weight is 473 g/mol. The van der Waals surface area contributed by atoms with Crippen LogP contribution in [-0.4, -0.2) is 47.8 Å². The highest BCUT2D eigenvalue weighted by Crippen LogP contribution is 2.30. The fraction of sp³-hybridized carbons (Fsp3) is 0.259. The third-order valence-electron chi connectivity index (χ3n) is 6.37. The minimum atomic E-state index is -0.463. The zero-order valence-corrected chi connectivity index (χ0v) is 19.8. The molecular weight excluding hydrogens is 444 g/mol. The third-order valence-corrected chi connectivity index (χ3v) is 6.37. The summed E-state index contributed by atoms with van der Waals surface area (Å²) in [6.07, 6.45) is 0. The highest BCUT2D eigenvalue weighted by Gasteiger charge is 2.26. The second kappa shape index (κ2) is 10.4. The second-order valence-corrected chi connectivity index (χ2v) is 8.64. The number of benzene rings is 3. The van der Waals surface area contributed by atoms with Gasteiger partial charge in [-0.05, 0) is 35.7 Å².